The van der Waals surface area contributed by atoms with E-state index in [1.807, 2.05) is 55.5 Å². The molecule has 4 aromatic rings. The zero-order valence-corrected chi connectivity index (χ0v) is 14.9. The Bertz CT molecular complexity index is 1060. The van der Waals surface area contributed by atoms with E-state index in [1.165, 1.54) is 11.3 Å². The van der Waals surface area contributed by atoms with Gasteiger partial charge in [0, 0.05) is 5.56 Å². The van der Waals surface area contributed by atoms with Gasteiger partial charge >= 0.3 is 0 Å². The van der Waals surface area contributed by atoms with E-state index in [4.69, 9.17) is 4.74 Å². The molecular weight excluding hydrogens is 344 g/mol. The Hall–Kier alpha value is -3.18. The van der Waals surface area contributed by atoms with E-state index in [2.05, 4.69) is 10.3 Å². The van der Waals surface area contributed by atoms with E-state index in [1.54, 1.807) is 24.3 Å². The van der Waals surface area contributed by atoms with Gasteiger partial charge in [0.1, 0.15) is 11.5 Å². The standard InChI is InChI=1S/C21H16N2O2S/c1-14-6-5-9-18-19(14)26-21(22-18)23-20(24)15-10-12-17(13-11-15)25-16-7-3-2-4-8-16/h2-13H,1H3,(H,22,23,24). The molecule has 0 spiro atoms. The highest BCUT2D eigenvalue weighted by Crippen LogP contribution is 2.29. The number of carbonyl (C=O) groups excluding carboxylic acids is 1. The fourth-order valence-electron chi connectivity index (χ4n) is 2.61. The van der Waals surface area contributed by atoms with Crippen molar-refractivity contribution in [1.29, 1.82) is 0 Å². The van der Waals surface area contributed by atoms with Crippen LogP contribution in [0, 0.1) is 6.92 Å². The van der Waals surface area contributed by atoms with Crippen molar-refractivity contribution in [3.63, 3.8) is 0 Å². The number of nitrogens with one attached hydrogen (secondary N) is 1. The van der Waals surface area contributed by atoms with Crippen LogP contribution in [0.15, 0.2) is 72.8 Å². The molecule has 1 amide bonds. The molecule has 0 radical (unpaired) electrons. The summed E-state index contributed by atoms with van der Waals surface area (Å²) < 4.78 is 6.83. The average molecular weight is 360 g/mol. The number of anilines is 1. The highest BCUT2D eigenvalue weighted by atomic mass is 32.1. The predicted octanol–water partition coefficient (Wildman–Crippen LogP) is 5.65. The Morgan fingerprint density at radius 1 is 0.923 bits per heavy atom. The van der Waals surface area contributed by atoms with Crippen molar-refractivity contribution in [2.24, 2.45) is 0 Å². The van der Waals surface area contributed by atoms with Crippen molar-refractivity contribution in [1.82, 2.24) is 4.98 Å². The smallest absolute Gasteiger partial charge is 0.257 e. The van der Waals surface area contributed by atoms with Crippen molar-refractivity contribution in [2.45, 2.75) is 6.92 Å². The molecule has 0 saturated carbocycles. The number of nitrogens with zero attached hydrogens (tertiary/aromatic N) is 1. The van der Waals surface area contributed by atoms with Gasteiger partial charge < -0.3 is 4.74 Å². The third-order valence-electron chi connectivity index (χ3n) is 3.93. The lowest BCUT2D eigenvalue weighted by atomic mass is 10.2. The molecule has 0 aliphatic carbocycles. The van der Waals surface area contributed by atoms with Crippen molar-refractivity contribution >= 4 is 32.6 Å². The first-order chi connectivity index (χ1) is 12.7. The van der Waals surface area contributed by atoms with Gasteiger partial charge in [0.25, 0.3) is 5.91 Å². The third kappa shape index (κ3) is 3.43. The molecule has 0 unspecified atom stereocenters. The second-order valence-corrected chi connectivity index (χ2v) is 6.83. The normalized spacial score (nSPS) is 10.7. The van der Waals surface area contributed by atoms with E-state index >= 15 is 0 Å². The molecule has 0 aliphatic rings. The summed E-state index contributed by atoms with van der Waals surface area (Å²) in [4.78, 5) is 16.9. The number of carbonyl (C=O) groups is 1. The van der Waals surface area contributed by atoms with Crippen LogP contribution in [0.5, 0.6) is 11.5 Å². The van der Waals surface area contributed by atoms with Gasteiger partial charge in [0.2, 0.25) is 0 Å². The van der Waals surface area contributed by atoms with E-state index in [-0.39, 0.29) is 5.91 Å². The molecule has 128 valence electrons. The second-order valence-electron chi connectivity index (χ2n) is 5.84. The van der Waals surface area contributed by atoms with Gasteiger partial charge in [-0.3, -0.25) is 10.1 Å². The van der Waals surface area contributed by atoms with Gasteiger partial charge in [-0.1, -0.05) is 41.7 Å². The first kappa shape index (κ1) is 16.3. The van der Waals surface area contributed by atoms with Crippen LogP contribution in [0.2, 0.25) is 0 Å². The molecule has 1 heterocycles. The van der Waals surface area contributed by atoms with Crippen LogP contribution in [0.3, 0.4) is 0 Å². The molecule has 0 aliphatic heterocycles. The van der Waals surface area contributed by atoms with Crippen molar-refractivity contribution in [3.8, 4) is 11.5 Å². The number of aromatic nitrogens is 1. The largest absolute Gasteiger partial charge is 0.457 e. The summed E-state index contributed by atoms with van der Waals surface area (Å²) in [6, 6.07) is 22.5. The summed E-state index contributed by atoms with van der Waals surface area (Å²) in [5.74, 6) is 1.26. The summed E-state index contributed by atoms with van der Waals surface area (Å²) in [7, 11) is 0. The zero-order valence-electron chi connectivity index (χ0n) is 14.1. The molecule has 1 aromatic heterocycles. The van der Waals surface area contributed by atoms with Crippen LogP contribution in [0.25, 0.3) is 10.2 Å². The maximum atomic E-state index is 12.5. The number of aryl methyl sites for hydroxylation is 1. The first-order valence-electron chi connectivity index (χ1n) is 8.19. The van der Waals surface area contributed by atoms with Gasteiger partial charge in [-0.05, 0) is 55.0 Å². The van der Waals surface area contributed by atoms with Crippen LogP contribution in [0.4, 0.5) is 5.13 Å². The molecule has 5 heteroatoms. The van der Waals surface area contributed by atoms with Gasteiger partial charge in [0.05, 0.1) is 10.2 Å². The van der Waals surface area contributed by atoms with E-state index in [0.29, 0.717) is 16.4 Å². The van der Waals surface area contributed by atoms with Gasteiger partial charge in [-0.2, -0.15) is 0 Å². The number of amides is 1. The second kappa shape index (κ2) is 6.98. The number of ether oxygens (including phenoxy) is 1. The number of fused-ring (bicyclic) bond motifs is 1. The number of rotatable bonds is 4. The summed E-state index contributed by atoms with van der Waals surface area (Å²) in [5, 5.41) is 3.47. The monoisotopic (exact) mass is 360 g/mol. The molecule has 3 aromatic carbocycles. The lowest BCUT2D eigenvalue weighted by Gasteiger charge is -2.06. The Morgan fingerprint density at radius 2 is 1.65 bits per heavy atom. The fraction of sp³-hybridized carbons (Fsp3) is 0.0476. The van der Waals surface area contributed by atoms with Crippen LogP contribution >= 0.6 is 11.3 Å². The lowest BCUT2D eigenvalue weighted by molar-refractivity contribution is 0.102. The van der Waals surface area contributed by atoms with E-state index in [9.17, 15) is 4.79 Å². The van der Waals surface area contributed by atoms with Crippen LogP contribution in [-0.4, -0.2) is 10.9 Å². The number of benzene rings is 3. The van der Waals surface area contributed by atoms with Crippen LogP contribution in [-0.2, 0) is 0 Å². The highest BCUT2D eigenvalue weighted by molar-refractivity contribution is 7.22. The average Bonchev–Trinajstić information content (AvgIpc) is 3.07. The topological polar surface area (TPSA) is 51.2 Å². The molecule has 0 fully saturated rings. The molecule has 0 bridgehead atoms. The maximum Gasteiger partial charge on any atom is 0.257 e. The molecule has 0 atom stereocenters. The van der Waals surface area contributed by atoms with Crippen molar-refractivity contribution in [2.75, 3.05) is 5.32 Å². The SMILES string of the molecule is Cc1cccc2nc(NC(=O)c3ccc(Oc4ccccc4)cc3)sc12. The van der Waals surface area contributed by atoms with Gasteiger partial charge in [-0.25, -0.2) is 4.98 Å². The summed E-state index contributed by atoms with van der Waals surface area (Å²) in [6.45, 7) is 2.04. The summed E-state index contributed by atoms with van der Waals surface area (Å²) >= 11 is 1.48. The number of hydrogen-bond donors (Lipinski definition) is 1. The van der Waals surface area contributed by atoms with Crippen molar-refractivity contribution < 1.29 is 9.53 Å². The fourth-order valence-corrected chi connectivity index (χ4v) is 3.54. The van der Waals surface area contributed by atoms with E-state index in [0.717, 1.165) is 21.5 Å². The lowest BCUT2D eigenvalue weighted by Crippen LogP contribution is -2.11. The van der Waals surface area contributed by atoms with Gasteiger partial charge in [0.15, 0.2) is 5.13 Å². The Morgan fingerprint density at radius 3 is 2.38 bits per heavy atom. The number of thiazole rings is 1. The highest BCUT2D eigenvalue weighted by Gasteiger charge is 2.11. The third-order valence-corrected chi connectivity index (χ3v) is 5.05. The van der Waals surface area contributed by atoms with Crippen LogP contribution < -0.4 is 10.1 Å². The molecule has 4 rings (SSSR count). The minimum absolute atomic E-state index is 0.187. The molecule has 0 saturated heterocycles. The predicted molar refractivity (Wildman–Crippen MR) is 105 cm³/mol. The maximum absolute atomic E-state index is 12.5. The molecule has 26 heavy (non-hydrogen) atoms. The minimum atomic E-state index is -0.187. The number of para-hydroxylation sites is 1. The summed E-state index contributed by atoms with van der Waals surface area (Å²) in [6.07, 6.45) is 0. The quantitative estimate of drug-likeness (QED) is 0.512. The Labute approximate surface area is 155 Å². The van der Waals surface area contributed by atoms with Crippen LogP contribution in [0.1, 0.15) is 15.9 Å². The Balaban J connectivity index is 1.48. The zero-order chi connectivity index (χ0) is 17.9. The molecule has 1 N–H and O–H groups in total. The van der Waals surface area contributed by atoms with Gasteiger partial charge in [-0.15, -0.1) is 0 Å². The van der Waals surface area contributed by atoms with Crippen molar-refractivity contribution in [3.05, 3.63) is 83.9 Å². The minimum Gasteiger partial charge on any atom is -0.457 e. The first-order valence-corrected chi connectivity index (χ1v) is 9.01. The summed E-state index contributed by atoms with van der Waals surface area (Å²) in [5.41, 5.74) is 2.61. The number of hydrogen-bond acceptors (Lipinski definition) is 4. The Kier molecular flexibility index (Phi) is 4.37. The van der Waals surface area contributed by atoms with E-state index < -0.39 is 0 Å². The molecule has 4 nitrogen and oxygen atoms in total. The molecular formula is C21H16N2O2S.